The van der Waals surface area contributed by atoms with E-state index in [1.807, 2.05) is 43.3 Å². The number of carbonyl (C=O) groups is 1. The van der Waals surface area contributed by atoms with Crippen LogP contribution in [0.5, 0.6) is 5.75 Å². The van der Waals surface area contributed by atoms with Crippen molar-refractivity contribution in [2.75, 3.05) is 12.4 Å². The first-order valence-electron chi connectivity index (χ1n) is 8.80. The van der Waals surface area contributed by atoms with E-state index < -0.39 is 0 Å². The average Bonchev–Trinajstić information content (AvgIpc) is 2.66. The third-order valence-corrected chi connectivity index (χ3v) is 4.49. The minimum Gasteiger partial charge on any atom is -0.497 e. The Morgan fingerprint density at radius 2 is 1.68 bits per heavy atom. The van der Waals surface area contributed by atoms with Gasteiger partial charge in [-0.15, -0.1) is 0 Å². The molecule has 0 radical (unpaired) electrons. The Kier molecular flexibility index (Phi) is 6.87. The van der Waals surface area contributed by atoms with Gasteiger partial charge in [-0.3, -0.25) is 4.79 Å². The van der Waals surface area contributed by atoms with Crippen LogP contribution in [0.1, 0.15) is 44.2 Å². The van der Waals surface area contributed by atoms with Crippen molar-refractivity contribution in [3.05, 3.63) is 59.7 Å². The molecule has 0 heterocycles. The Labute approximate surface area is 150 Å². The van der Waals surface area contributed by atoms with E-state index in [1.54, 1.807) is 7.11 Å². The molecule has 0 fully saturated rings. The van der Waals surface area contributed by atoms with Gasteiger partial charge < -0.3 is 15.4 Å². The standard InChI is InChI=1S/C21H28N2O2/c1-5-15(2)18-8-10-19(11-9-18)23-16(3)21(24)22-14-17-6-12-20(25-4)13-7-17/h6-13,15-16,23H,5,14H2,1-4H3,(H,22,24)/t15-,16-/m0/s1. The van der Waals surface area contributed by atoms with Crippen molar-refractivity contribution in [1.29, 1.82) is 0 Å². The van der Waals surface area contributed by atoms with Crippen molar-refractivity contribution in [2.45, 2.75) is 45.7 Å². The van der Waals surface area contributed by atoms with Crippen molar-refractivity contribution in [3.63, 3.8) is 0 Å². The maximum atomic E-state index is 12.3. The summed E-state index contributed by atoms with van der Waals surface area (Å²) in [7, 11) is 1.64. The van der Waals surface area contributed by atoms with Crippen LogP contribution in [0.25, 0.3) is 0 Å². The van der Waals surface area contributed by atoms with Gasteiger partial charge in [0.05, 0.1) is 7.11 Å². The van der Waals surface area contributed by atoms with Crippen LogP contribution in [0.15, 0.2) is 48.5 Å². The van der Waals surface area contributed by atoms with Gasteiger partial charge in [0.15, 0.2) is 0 Å². The Balaban J connectivity index is 1.84. The van der Waals surface area contributed by atoms with Gasteiger partial charge in [0, 0.05) is 12.2 Å². The molecule has 2 aromatic rings. The highest BCUT2D eigenvalue weighted by Crippen LogP contribution is 2.20. The average molecular weight is 340 g/mol. The van der Waals surface area contributed by atoms with Crippen molar-refractivity contribution in [2.24, 2.45) is 0 Å². The normalized spacial score (nSPS) is 13.0. The van der Waals surface area contributed by atoms with E-state index in [1.165, 1.54) is 5.56 Å². The summed E-state index contributed by atoms with van der Waals surface area (Å²) in [6.45, 7) is 6.78. The second-order valence-corrected chi connectivity index (χ2v) is 6.36. The lowest BCUT2D eigenvalue weighted by Gasteiger charge is -2.16. The highest BCUT2D eigenvalue weighted by molar-refractivity contribution is 5.84. The van der Waals surface area contributed by atoms with E-state index in [4.69, 9.17) is 4.74 Å². The van der Waals surface area contributed by atoms with Crippen LogP contribution in [-0.2, 0) is 11.3 Å². The van der Waals surface area contributed by atoms with Gasteiger partial charge in [0.2, 0.25) is 5.91 Å². The Morgan fingerprint density at radius 1 is 1.04 bits per heavy atom. The van der Waals surface area contributed by atoms with E-state index in [9.17, 15) is 4.79 Å². The second-order valence-electron chi connectivity index (χ2n) is 6.36. The number of amides is 1. The maximum absolute atomic E-state index is 12.3. The lowest BCUT2D eigenvalue weighted by atomic mass is 9.98. The first kappa shape index (κ1) is 18.8. The van der Waals surface area contributed by atoms with Gasteiger partial charge in [0.25, 0.3) is 0 Å². The predicted molar refractivity (Wildman–Crippen MR) is 103 cm³/mol. The van der Waals surface area contributed by atoms with Crippen LogP contribution in [-0.4, -0.2) is 19.1 Å². The summed E-state index contributed by atoms with van der Waals surface area (Å²) in [4.78, 5) is 12.3. The minimum absolute atomic E-state index is 0.0261. The lowest BCUT2D eigenvalue weighted by molar-refractivity contribution is -0.121. The Hall–Kier alpha value is -2.49. The molecule has 0 unspecified atom stereocenters. The summed E-state index contributed by atoms with van der Waals surface area (Å²) in [6.07, 6.45) is 1.12. The van der Waals surface area contributed by atoms with E-state index >= 15 is 0 Å². The summed E-state index contributed by atoms with van der Waals surface area (Å²) in [5.41, 5.74) is 3.32. The zero-order chi connectivity index (χ0) is 18.2. The molecule has 134 valence electrons. The highest BCUT2D eigenvalue weighted by Gasteiger charge is 2.12. The topological polar surface area (TPSA) is 50.4 Å². The first-order valence-corrected chi connectivity index (χ1v) is 8.80. The van der Waals surface area contributed by atoms with Crippen molar-refractivity contribution < 1.29 is 9.53 Å². The lowest BCUT2D eigenvalue weighted by Crippen LogP contribution is -2.37. The van der Waals surface area contributed by atoms with Crippen LogP contribution >= 0.6 is 0 Å². The van der Waals surface area contributed by atoms with Gasteiger partial charge in [-0.1, -0.05) is 38.1 Å². The third kappa shape index (κ3) is 5.52. The predicted octanol–water partition coefficient (Wildman–Crippen LogP) is 4.33. The van der Waals surface area contributed by atoms with Crippen LogP contribution in [0.4, 0.5) is 5.69 Å². The van der Waals surface area contributed by atoms with Gasteiger partial charge in [-0.25, -0.2) is 0 Å². The maximum Gasteiger partial charge on any atom is 0.242 e. The molecule has 0 aromatic heterocycles. The fraction of sp³-hybridized carbons (Fsp3) is 0.381. The molecule has 0 bridgehead atoms. The molecule has 0 spiro atoms. The number of hydrogen-bond donors (Lipinski definition) is 2. The number of hydrogen-bond acceptors (Lipinski definition) is 3. The van der Waals surface area contributed by atoms with E-state index in [0.717, 1.165) is 23.4 Å². The molecule has 1 amide bonds. The zero-order valence-corrected chi connectivity index (χ0v) is 15.5. The molecule has 2 atom stereocenters. The fourth-order valence-electron chi connectivity index (χ4n) is 2.54. The van der Waals surface area contributed by atoms with Gasteiger partial charge in [-0.05, 0) is 54.7 Å². The molecule has 0 aliphatic carbocycles. The van der Waals surface area contributed by atoms with Crippen molar-refractivity contribution in [1.82, 2.24) is 5.32 Å². The highest BCUT2D eigenvalue weighted by atomic mass is 16.5. The van der Waals surface area contributed by atoms with E-state index in [-0.39, 0.29) is 11.9 Å². The number of methoxy groups -OCH3 is 1. The molecule has 4 nitrogen and oxygen atoms in total. The van der Waals surface area contributed by atoms with Gasteiger partial charge in [-0.2, -0.15) is 0 Å². The number of benzene rings is 2. The SMILES string of the molecule is CC[C@H](C)c1ccc(N[C@@H](C)C(=O)NCc2ccc(OC)cc2)cc1. The van der Waals surface area contributed by atoms with Gasteiger partial charge in [0.1, 0.15) is 11.8 Å². The molecule has 0 saturated carbocycles. The van der Waals surface area contributed by atoms with E-state index in [2.05, 4.69) is 36.6 Å². The van der Waals surface area contributed by atoms with Crippen LogP contribution in [0, 0.1) is 0 Å². The van der Waals surface area contributed by atoms with Crippen molar-refractivity contribution >= 4 is 11.6 Å². The van der Waals surface area contributed by atoms with E-state index in [0.29, 0.717) is 12.5 Å². The number of ether oxygens (including phenoxy) is 1. The molecule has 0 aliphatic heterocycles. The fourth-order valence-corrected chi connectivity index (χ4v) is 2.54. The van der Waals surface area contributed by atoms with Crippen LogP contribution in [0.3, 0.4) is 0 Å². The molecule has 2 aromatic carbocycles. The second kappa shape index (κ2) is 9.11. The molecular weight excluding hydrogens is 312 g/mol. The molecule has 2 N–H and O–H groups in total. The molecule has 2 rings (SSSR count). The largest absolute Gasteiger partial charge is 0.497 e. The van der Waals surface area contributed by atoms with Gasteiger partial charge >= 0.3 is 0 Å². The summed E-state index contributed by atoms with van der Waals surface area (Å²) in [5.74, 6) is 1.34. The molecule has 25 heavy (non-hydrogen) atoms. The molecular formula is C21H28N2O2. The summed E-state index contributed by atoms with van der Waals surface area (Å²) in [5, 5.41) is 6.20. The number of anilines is 1. The molecule has 0 aliphatic rings. The minimum atomic E-state index is -0.298. The van der Waals surface area contributed by atoms with Crippen molar-refractivity contribution in [3.8, 4) is 5.75 Å². The summed E-state index contributed by atoms with van der Waals surface area (Å²) >= 11 is 0. The molecule has 0 saturated heterocycles. The van der Waals surface area contributed by atoms with Crippen LogP contribution < -0.4 is 15.4 Å². The summed E-state index contributed by atoms with van der Waals surface area (Å²) < 4.78 is 5.13. The summed E-state index contributed by atoms with van der Waals surface area (Å²) in [6, 6.07) is 15.7. The quantitative estimate of drug-likeness (QED) is 0.752. The van der Waals surface area contributed by atoms with Crippen LogP contribution in [0.2, 0.25) is 0 Å². The molecule has 4 heteroatoms. The number of carbonyl (C=O) groups excluding carboxylic acids is 1. The smallest absolute Gasteiger partial charge is 0.242 e. The first-order chi connectivity index (χ1) is 12.0. The number of rotatable bonds is 8. The Bertz CT molecular complexity index is 665. The monoisotopic (exact) mass is 340 g/mol. The Morgan fingerprint density at radius 3 is 2.24 bits per heavy atom. The third-order valence-electron chi connectivity index (χ3n) is 4.49. The zero-order valence-electron chi connectivity index (χ0n) is 15.5. The number of nitrogens with one attached hydrogen (secondary N) is 2.